The minimum absolute atomic E-state index is 0.151. The summed E-state index contributed by atoms with van der Waals surface area (Å²) in [6.07, 6.45) is 0. The summed E-state index contributed by atoms with van der Waals surface area (Å²) in [5.74, 6) is 1.76. The average molecular weight is 452 g/mol. The van der Waals surface area contributed by atoms with Crippen LogP contribution in [0.3, 0.4) is 0 Å². The van der Waals surface area contributed by atoms with Gasteiger partial charge < -0.3 is 14.5 Å². The molecule has 8 heteroatoms. The van der Waals surface area contributed by atoms with Crippen LogP contribution in [-0.4, -0.2) is 21.9 Å². The van der Waals surface area contributed by atoms with Crippen molar-refractivity contribution >= 4 is 35.0 Å². The Hall–Kier alpha value is -3.29. The van der Waals surface area contributed by atoms with E-state index < -0.39 is 0 Å². The maximum atomic E-state index is 12.3. The molecule has 0 aliphatic heterocycles. The molecule has 0 unspecified atom stereocenters. The van der Waals surface area contributed by atoms with E-state index in [-0.39, 0.29) is 11.7 Å². The number of aryl methyl sites for hydroxylation is 1. The van der Waals surface area contributed by atoms with Crippen molar-refractivity contribution in [2.24, 2.45) is 0 Å². The Morgan fingerprint density at radius 1 is 1.00 bits per heavy atom. The first-order valence-electron chi connectivity index (χ1n) is 9.42. The summed E-state index contributed by atoms with van der Waals surface area (Å²) in [5.41, 5.74) is 2.59. The van der Waals surface area contributed by atoms with Gasteiger partial charge in [0.2, 0.25) is 11.8 Å². The number of rotatable bonds is 7. The highest BCUT2D eigenvalue weighted by Gasteiger charge is 2.12. The zero-order chi connectivity index (χ0) is 21.6. The molecule has 1 N–H and O–H groups in total. The first-order valence-corrected chi connectivity index (χ1v) is 10.8. The van der Waals surface area contributed by atoms with Crippen LogP contribution in [0.15, 0.2) is 82.4 Å². The van der Waals surface area contributed by atoms with Crippen LogP contribution in [-0.2, 0) is 4.79 Å². The second-order valence-electron chi connectivity index (χ2n) is 6.61. The molecular formula is C23H18ClN3O3S. The number of carbonyl (C=O) groups excluding carboxylic acids is 1. The summed E-state index contributed by atoms with van der Waals surface area (Å²) in [6.45, 7) is 1.98. The minimum Gasteiger partial charge on any atom is -0.457 e. The number of anilines is 1. The SMILES string of the molecule is Cc1ccccc1-c1nnc(SCC(=O)Nc2ccc(Oc3ccc(Cl)cc3)cc2)o1. The van der Waals surface area contributed by atoms with E-state index >= 15 is 0 Å². The number of hydrogen-bond donors (Lipinski definition) is 1. The van der Waals surface area contributed by atoms with E-state index in [1.165, 1.54) is 11.8 Å². The molecule has 1 heterocycles. The highest BCUT2D eigenvalue weighted by Crippen LogP contribution is 2.26. The van der Waals surface area contributed by atoms with Crippen molar-refractivity contribution in [3.05, 3.63) is 83.4 Å². The van der Waals surface area contributed by atoms with Crippen molar-refractivity contribution in [2.75, 3.05) is 11.1 Å². The standard InChI is InChI=1S/C23H18ClN3O3S/c1-15-4-2-3-5-20(15)22-26-27-23(30-22)31-14-21(28)25-17-8-12-19(13-9-17)29-18-10-6-16(24)7-11-18/h2-13H,14H2,1H3,(H,25,28). The lowest BCUT2D eigenvalue weighted by Crippen LogP contribution is -2.13. The lowest BCUT2D eigenvalue weighted by atomic mass is 10.1. The van der Waals surface area contributed by atoms with Crippen LogP contribution >= 0.6 is 23.4 Å². The molecule has 0 aliphatic rings. The molecule has 31 heavy (non-hydrogen) atoms. The topological polar surface area (TPSA) is 77.2 Å². The molecule has 0 atom stereocenters. The predicted octanol–water partition coefficient (Wildman–Crippen LogP) is 6.22. The van der Waals surface area contributed by atoms with Crippen LogP contribution in [0.25, 0.3) is 11.5 Å². The molecule has 0 spiro atoms. The second kappa shape index (κ2) is 9.68. The Balaban J connectivity index is 1.29. The summed E-state index contributed by atoms with van der Waals surface area (Å²) < 4.78 is 11.4. The summed E-state index contributed by atoms with van der Waals surface area (Å²) >= 11 is 7.06. The van der Waals surface area contributed by atoms with Crippen LogP contribution < -0.4 is 10.1 Å². The largest absolute Gasteiger partial charge is 0.457 e. The molecule has 0 bridgehead atoms. The fourth-order valence-corrected chi connectivity index (χ4v) is 3.45. The lowest BCUT2D eigenvalue weighted by Gasteiger charge is -2.08. The van der Waals surface area contributed by atoms with E-state index in [1.807, 2.05) is 31.2 Å². The Bertz CT molecular complexity index is 1180. The monoisotopic (exact) mass is 451 g/mol. The van der Waals surface area contributed by atoms with E-state index in [0.717, 1.165) is 11.1 Å². The van der Waals surface area contributed by atoms with Gasteiger partial charge >= 0.3 is 0 Å². The molecule has 0 aliphatic carbocycles. The predicted molar refractivity (Wildman–Crippen MR) is 122 cm³/mol. The molecule has 0 radical (unpaired) electrons. The Morgan fingerprint density at radius 2 is 1.68 bits per heavy atom. The highest BCUT2D eigenvalue weighted by atomic mass is 35.5. The van der Waals surface area contributed by atoms with Crippen LogP contribution in [0.1, 0.15) is 5.56 Å². The molecule has 4 aromatic rings. The van der Waals surface area contributed by atoms with Crippen LogP contribution in [0.5, 0.6) is 11.5 Å². The van der Waals surface area contributed by atoms with Gasteiger partial charge in [-0.05, 0) is 67.1 Å². The van der Waals surface area contributed by atoms with Crippen molar-refractivity contribution in [3.8, 4) is 23.0 Å². The molecule has 0 fully saturated rings. The Morgan fingerprint density at radius 3 is 2.39 bits per heavy atom. The number of thioether (sulfide) groups is 1. The zero-order valence-corrected chi connectivity index (χ0v) is 18.1. The quantitative estimate of drug-likeness (QED) is 0.336. The zero-order valence-electron chi connectivity index (χ0n) is 16.5. The lowest BCUT2D eigenvalue weighted by molar-refractivity contribution is -0.113. The smallest absolute Gasteiger partial charge is 0.277 e. The van der Waals surface area contributed by atoms with Crippen molar-refractivity contribution < 1.29 is 13.9 Å². The summed E-state index contributed by atoms with van der Waals surface area (Å²) in [4.78, 5) is 12.3. The van der Waals surface area contributed by atoms with E-state index in [4.69, 9.17) is 20.8 Å². The van der Waals surface area contributed by atoms with Gasteiger partial charge in [-0.25, -0.2) is 0 Å². The third-order valence-electron chi connectivity index (χ3n) is 4.30. The number of benzene rings is 3. The number of ether oxygens (including phenoxy) is 1. The average Bonchev–Trinajstić information content (AvgIpc) is 3.24. The number of hydrogen-bond acceptors (Lipinski definition) is 6. The Kier molecular flexibility index (Phi) is 6.54. The maximum Gasteiger partial charge on any atom is 0.277 e. The normalized spacial score (nSPS) is 10.6. The molecule has 0 saturated heterocycles. The van der Waals surface area contributed by atoms with Gasteiger partial charge in [-0.3, -0.25) is 4.79 Å². The number of carbonyl (C=O) groups is 1. The second-order valence-corrected chi connectivity index (χ2v) is 7.97. The van der Waals surface area contributed by atoms with Gasteiger partial charge in [0, 0.05) is 16.3 Å². The fraction of sp³-hybridized carbons (Fsp3) is 0.0870. The third kappa shape index (κ3) is 5.65. The fourth-order valence-electron chi connectivity index (χ4n) is 2.76. The molecule has 3 aromatic carbocycles. The van der Waals surface area contributed by atoms with Crippen LogP contribution in [0.2, 0.25) is 5.02 Å². The van der Waals surface area contributed by atoms with Gasteiger partial charge in [-0.2, -0.15) is 0 Å². The molecule has 6 nitrogen and oxygen atoms in total. The third-order valence-corrected chi connectivity index (χ3v) is 5.37. The number of aromatic nitrogens is 2. The van der Waals surface area contributed by atoms with Gasteiger partial charge in [0.05, 0.1) is 5.75 Å². The summed E-state index contributed by atoms with van der Waals surface area (Å²) in [7, 11) is 0. The minimum atomic E-state index is -0.174. The number of nitrogens with zero attached hydrogens (tertiary/aromatic N) is 2. The Labute approximate surface area is 188 Å². The first-order chi connectivity index (χ1) is 15.1. The first kappa shape index (κ1) is 21.0. The van der Waals surface area contributed by atoms with E-state index in [9.17, 15) is 4.79 Å². The molecule has 1 aromatic heterocycles. The van der Waals surface area contributed by atoms with Crippen LogP contribution in [0, 0.1) is 6.92 Å². The molecule has 4 rings (SSSR count). The maximum absolute atomic E-state index is 12.3. The van der Waals surface area contributed by atoms with E-state index in [0.29, 0.717) is 33.3 Å². The molecule has 1 amide bonds. The molecule has 0 saturated carbocycles. The van der Waals surface area contributed by atoms with Gasteiger partial charge in [0.25, 0.3) is 5.22 Å². The van der Waals surface area contributed by atoms with Crippen molar-refractivity contribution in [1.82, 2.24) is 10.2 Å². The highest BCUT2D eigenvalue weighted by molar-refractivity contribution is 7.99. The van der Waals surface area contributed by atoms with E-state index in [2.05, 4.69) is 15.5 Å². The number of halogens is 1. The van der Waals surface area contributed by atoms with Crippen molar-refractivity contribution in [3.63, 3.8) is 0 Å². The number of nitrogens with one attached hydrogen (secondary N) is 1. The van der Waals surface area contributed by atoms with Gasteiger partial charge in [0.15, 0.2) is 0 Å². The van der Waals surface area contributed by atoms with Gasteiger partial charge in [0.1, 0.15) is 11.5 Å². The van der Waals surface area contributed by atoms with Crippen molar-refractivity contribution in [2.45, 2.75) is 12.1 Å². The summed E-state index contributed by atoms with van der Waals surface area (Å²) in [6, 6.07) is 22.0. The van der Waals surface area contributed by atoms with Gasteiger partial charge in [-0.15, -0.1) is 10.2 Å². The molecule has 156 valence electrons. The van der Waals surface area contributed by atoms with Crippen LogP contribution in [0.4, 0.5) is 5.69 Å². The van der Waals surface area contributed by atoms with E-state index in [1.54, 1.807) is 48.5 Å². The molecular weight excluding hydrogens is 434 g/mol. The summed E-state index contributed by atoms with van der Waals surface area (Å²) in [5, 5.41) is 11.9. The van der Waals surface area contributed by atoms with Gasteiger partial charge in [-0.1, -0.05) is 41.6 Å². The number of amides is 1. The van der Waals surface area contributed by atoms with Crippen molar-refractivity contribution in [1.29, 1.82) is 0 Å².